The molecule has 5 heteroatoms. The topological polar surface area (TPSA) is 43.4 Å². The number of aryl methyl sites for hydroxylation is 1. The predicted molar refractivity (Wildman–Crippen MR) is 90.9 cm³/mol. The van der Waals surface area contributed by atoms with Crippen molar-refractivity contribution < 1.29 is 16.5 Å². The lowest BCUT2D eigenvalue weighted by Crippen LogP contribution is -2.41. The summed E-state index contributed by atoms with van der Waals surface area (Å²) < 4.78 is 38.6. The van der Waals surface area contributed by atoms with Gasteiger partial charge in [0.1, 0.15) is 5.75 Å². The molecule has 3 nitrogen and oxygen atoms in total. The van der Waals surface area contributed by atoms with Crippen LogP contribution in [0.3, 0.4) is 0 Å². The highest BCUT2D eigenvalue weighted by atomic mass is 32.3. The predicted octanol–water partition coefficient (Wildman–Crippen LogP) is 4.77. The molecule has 4 rings (SSSR count). The molecule has 2 fully saturated rings. The van der Waals surface area contributed by atoms with Gasteiger partial charge in [-0.25, -0.2) is 0 Å². The van der Waals surface area contributed by atoms with Crippen molar-refractivity contribution in [1.29, 1.82) is 0 Å². The fourth-order valence-electron chi connectivity index (χ4n) is 5.99. The zero-order chi connectivity index (χ0) is 17.1. The molecule has 132 valence electrons. The molecule has 5 atom stereocenters. The first-order valence-electron chi connectivity index (χ1n) is 9.05. The standard InChI is InChI=1S/C19H25FO3S/c1-12-3-8-18-17-6-4-13-11-14(23-24(20,21)22)5-7-15(13)16(17)9-10-19(12,18)2/h5,7,11-12,16-18H,3-4,6,8-10H2,1-2H3/t12?,16?,17?,18?,19-/m1/s1. The van der Waals surface area contributed by atoms with Gasteiger partial charge in [-0.1, -0.05) is 23.8 Å². The van der Waals surface area contributed by atoms with E-state index in [1.54, 1.807) is 12.1 Å². The van der Waals surface area contributed by atoms with Crippen LogP contribution in [0.2, 0.25) is 0 Å². The van der Waals surface area contributed by atoms with Gasteiger partial charge in [-0.05, 0) is 90.9 Å². The van der Waals surface area contributed by atoms with E-state index in [0.717, 1.165) is 36.2 Å². The third kappa shape index (κ3) is 2.56. The molecule has 3 aliphatic rings. The average molecular weight is 352 g/mol. The Morgan fingerprint density at radius 2 is 2.00 bits per heavy atom. The Labute approximate surface area is 144 Å². The van der Waals surface area contributed by atoms with Gasteiger partial charge < -0.3 is 4.18 Å². The summed E-state index contributed by atoms with van der Waals surface area (Å²) in [6.45, 7) is 4.90. The second kappa shape index (κ2) is 5.45. The van der Waals surface area contributed by atoms with Crippen molar-refractivity contribution in [1.82, 2.24) is 0 Å². The highest BCUT2D eigenvalue weighted by Gasteiger charge is 2.53. The Morgan fingerprint density at radius 3 is 2.75 bits per heavy atom. The molecule has 0 saturated heterocycles. The number of benzene rings is 1. The molecule has 2 saturated carbocycles. The summed E-state index contributed by atoms with van der Waals surface area (Å²) in [4.78, 5) is 0. The van der Waals surface area contributed by atoms with Gasteiger partial charge >= 0.3 is 10.5 Å². The van der Waals surface area contributed by atoms with Gasteiger partial charge in [-0.15, -0.1) is 0 Å². The van der Waals surface area contributed by atoms with Gasteiger partial charge in [-0.3, -0.25) is 0 Å². The largest absolute Gasteiger partial charge is 0.488 e. The average Bonchev–Trinajstić information content (AvgIpc) is 2.81. The first-order valence-corrected chi connectivity index (χ1v) is 10.4. The summed E-state index contributed by atoms with van der Waals surface area (Å²) in [7, 11) is -4.95. The molecule has 0 amide bonds. The SMILES string of the molecule is CC1CCC2C3CCc4cc(OS(=O)(=O)F)ccc4C3CC[C@]12C. The van der Waals surface area contributed by atoms with Gasteiger partial charge in [0.15, 0.2) is 0 Å². The van der Waals surface area contributed by atoms with Crippen LogP contribution in [0.25, 0.3) is 0 Å². The van der Waals surface area contributed by atoms with Crippen LogP contribution in [0.5, 0.6) is 5.75 Å². The Hall–Kier alpha value is -1.10. The number of fused-ring (bicyclic) bond motifs is 5. The fourth-order valence-corrected chi connectivity index (χ4v) is 6.32. The van der Waals surface area contributed by atoms with E-state index in [2.05, 4.69) is 18.0 Å². The van der Waals surface area contributed by atoms with Gasteiger partial charge in [-0.2, -0.15) is 8.42 Å². The minimum atomic E-state index is -4.95. The normalized spacial score (nSPS) is 38.1. The second-order valence-electron chi connectivity index (χ2n) is 8.28. The van der Waals surface area contributed by atoms with Gasteiger partial charge in [0.25, 0.3) is 0 Å². The smallest absolute Gasteiger partial charge is 0.358 e. The summed E-state index contributed by atoms with van der Waals surface area (Å²) in [5.41, 5.74) is 2.95. The lowest BCUT2D eigenvalue weighted by molar-refractivity contribution is 0.0336. The highest BCUT2D eigenvalue weighted by Crippen LogP contribution is 2.62. The number of hydrogen-bond donors (Lipinski definition) is 0. The van der Waals surface area contributed by atoms with Crippen LogP contribution in [0.15, 0.2) is 18.2 Å². The fraction of sp³-hybridized carbons (Fsp3) is 0.684. The number of halogens is 1. The molecule has 4 unspecified atom stereocenters. The van der Waals surface area contributed by atoms with Crippen molar-refractivity contribution in [2.45, 2.75) is 58.3 Å². The summed E-state index contributed by atoms with van der Waals surface area (Å²) >= 11 is 0. The zero-order valence-corrected chi connectivity index (χ0v) is 15.1. The molecule has 0 radical (unpaired) electrons. The van der Waals surface area contributed by atoms with Crippen LogP contribution in [0, 0.1) is 23.2 Å². The summed E-state index contributed by atoms with van der Waals surface area (Å²) in [6, 6.07) is 5.28. The monoisotopic (exact) mass is 352 g/mol. The maximum absolute atomic E-state index is 12.8. The van der Waals surface area contributed by atoms with Crippen LogP contribution in [0.1, 0.15) is 63.0 Å². The van der Waals surface area contributed by atoms with Gasteiger partial charge in [0, 0.05) is 0 Å². The minimum Gasteiger partial charge on any atom is -0.358 e. The maximum atomic E-state index is 12.8. The van der Waals surface area contributed by atoms with E-state index in [0.29, 0.717) is 11.3 Å². The van der Waals surface area contributed by atoms with E-state index >= 15 is 0 Å². The molecule has 1 aromatic rings. The Bertz CT molecular complexity index is 760. The Kier molecular flexibility index (Phi) is 3.72. The lowest BCUT2D eigenvalue weighted by atomic mass is 9.54. The molecule has 0 bridgehead atoms. The molecular weight excluding hydrogens is 327 g/mol. The van der Waals surface area contributed by atoms with Crippen molar-refractivity contribution >= 4 is 10.5 Å². The van der Waals surface area contributed by atoms with Crippen molar-refractivity contribution in [3.8, 4) is 5.75 Å². The summed E-state index contributed by atoms with van der Waals surface area (Å²) in [5.74, 6) is 3.01. The van der Waals surface area contributed by atoms with Gasteiger partial charge in [0.2, 0.25) is 0 Å². The van der Waals surface area contributed by atoms with Crippen LogP contribution >= 0.6 is 0 Å². The lowest BCUT2D eigenvalue weighted by Gasteiger charge is -2.50. The third-order valence-electron chi connectivity index (χ3n) is 7.37. The first-order chi connectivity index (χ1) is 11.3. The molecule has 1 aromatic carbocycles. The molecular formula is C19H25FO3S. The van der Waals surface area contributed by atoms with E-state index in [9.17, 15) is 12.3 Å². The van der Waals surface area contributed by atoms with Crippen LogP contribution < -0.4 is 4.18 Å². The van der Waals surface area contributed by atoms with Crippen LogP contribution in [-0.4, -0.2) is 8.42 Å². The molecule has 0 aliphatic heterocycles. The maximum Gasteiger partial charge on any atom is 0.488 e. The molecule has 3 aliphatic carbocycles. The molecule has 0 aromatic heterocycles. The molecule has 0 N–H and O–H groups in total. The first kappa shape index (κ1) is 16.4. The molecule has 24 heavy (non-hydrogen) atoms. The minimum absolute atomic E-state index is 0.0878. The van der Waals surface area contributed by atoms with Crippen molar-refractivity contribution in [2.24, 2.45) is 23.2 Å². The second-order valence-corrected chi connectivity index (χ2v) is 9.23. The van der Waals surface area contributed by atoms with Crippen LogP contribution in [0.4, 0.5) is 3.89 Å². The van der Waals surface area contributed by atoms with Gasteiger partial charge in [0.05, 0.1) is 0 Å². The molecule has 0 heterocycles. The van der Waals surface area contributed by atoms with E-state index in [1.807, 2.05) is 6.07 Å². The summed E-state index contributed by atoms with van der Waals surface area (Å²) in [5, 5.41) is 0. The van der Waals surface area contributed by atoms with E-state index in [4.69, 9.17) is 0 Å². The molecule has 0 spiro atoms. The van der Waals surface area contributed by atoms with Crippen LogP contribution in [-0.2, 0) is 16.9 Å². The Morgan fingerprint density at radius 1 is 1.21 bits per heavy atom. The van der Waals surface area contributed by atoms with E-state index < -0.39 is 10.5 Å². The highest BCUT2D eigenvalue weighted by molar-refractivity contribution is 7.81. The number of rotatable bonds is 2. The van der Waals surface area contributed by atoms with Crippen molar-refractivity contribution in [3.05, 3.63) is 29.3 Å². The van der Waals surface area contributed by atoms with E-state index in [1.165, 1.54) is 31.2 Å². The summed E-state index contributed by atoms with van der Waals surface area (Å²) in [6.07, 6.45) is 7.25. The number of hydrogen-bond acceptors (Lipinski definition) is 3. The zero-order valence-electron chi connectivity index (χ0n) is 14.3. The van der Waals surface area contributed by atoms with E-state index in [-0.39, 0.29) is 5.75 Å². The van der Waals surface area contributed by atoms with Crippen molar-refractivity contribution in [2.75, 3.05) is 0 Å². The van der Waals surface area contributed by atoms with Crippen molar-refractivity contribution in [3.63, 3.8) is 0 Å². The third-order valence-corrected chi connectivity index (χ3v) is 7.76. The Balaban J connectivity index is 1.63. The quantitative estimate of drug-likeness (QED) is 0.720.